The van der Waals surface area contributed by atoms with E-state index < -0.39 is 0 Å². The molecule has 4 heteroatoms. The Balaban J connectivity index is 1.96. The van der Waals surface area contributed by atoms with Crippen molar-refractivity contribution in [3.8, 4) is 11.3 Å². The summed E-state index contributed by atoms with van der Waals surface area (Å²) < 4.78 is 1.23. The van der Waals surface area contributed by atoms with Gasteiger partial charge < -0.3 is 0 Å². The van der Waals surface area contributed by atoms with Crippen molar-refractivity contribution in [1.82, 2.24) is 15.0 Å². The number of rotatable bonds is 1. The molecule has 0 fully saturated rings. The molecule has 0 unspecified atom stereocenters. The van der Waals surface area contributed by atoms with Gasteiger partial charge in [0.2, 0.25) is 0 Å². The van der Waals surface area contributed by atoms with Gasteiger partial charge >= 0.3 is 0 Å². The lowest BCUT2D eigenvalue weighted by Crippen LogP contribution is -1.89. The summed E-state index contributed by atoms with van der Waals surface area (Å²) in [5.74, 6) is 0. The summed E-state index contributed by atoms with van der Waals surface area (Å²) in [7, 11) is 0. The molecule has 0 atom stereocenters. The fraction of sp³-hybridized carbons (Fsp3) is 0. The van der Waals surface area contributed by atoms with E-state index in [9.17, 15) is 0 Å². The molecule has 0 aliphatic heterocycles. The number of hydrogen-bond acceptors (Lipinski definition) is 4. The number of aromatic nitrogens is 3. The fourth-order valence-electron chi connectivity index (χ4n) is 3.06. The second-order valence-electron chi connectivity index (χ2n) is 5.38. The highest BCUT2D eigenvalue weighted by atomic mass is 32.1. The molecule has 3 heterocycles. The van der Waals surface area contributed by atoms with Crippen LogP contribution in [0.5, 0.6) is 0 Å². The van der Waals surface area contributed by atoms with Crippen LogP contribution in [0.2, 0.25) is 0 Å². The zero-order valence-corrected chi connectivity index (χ0v) is 12.9. The Morgan fingerprint density at radius 2 is 1.70 bits per heavy atom. The largest absolute Gasteiger partial charge is 0.256 e. The predicted octanol–water partition coefficient (Wildman–Crippen LogP) is 5.06. The molecule has 108 valence electrons. The SMILES string of the molecule is c1cnc2c(-c3ncnc4sc5ccccc5c34)cccc2c1. The van der Waals surface area contributed by atoms with Gasteiger partial charge in [-0.25, -0.2) is 9.97 Å². The van der Waals surface area contributed by atoms with E-state index in [0.29, 0.717) is 0 Å². The summed E-state index contributed by atoms with van der Waals surface area (Å²) >= 11 is 1.70. The monoisotopic (exact) mass is 313 g/mol. The van der Waals surface area contributed by atoms with Gasteiger partial charge in [0.25, 0.3) is 0 Å². The molecule has 5 rings (SSSR count). The molecule has 23 heavy (non-hydrogen) atoms. The normalized spacial score (nSPS) is 11.5. The summed E-state index contributed by atoms with van der Waals surface area (Å²) in [5, 5.41) is 3.44. The van der Waals surface area contributed by atoms with Gasteiger partial charge in [0.15, 0.2) is 0 Å². The minimum atomic E-state index is 0.955. The predicted molar refractivity (Wildman–Crippen MR) is 95.7 cm³/mol. The first-order valence-electron chi connectivity index (χ1n) is 7.38. The molecule has 0 saturated carbocycles. The lowest BCUT2D eigenvalue weighted by atomic mass is 10.0. The van der Waals surface area contributed by atoms with Gasteiger partial charge in [-0.1, -0.05) is 42.5 Å². The van der Waals surface area contributed by atoms with Gasteiger partial charge in [-0.05, 0) is 12.1 Å². The molecule has 3 nitrogen and oxygen atoms in total. The van der Waals surface area contributed by atoms with Gasteiger partial charge in [-0.3, -0.25) is 4.98 Å². The molecule has 0 radical (unpaired) electrons. The standard InChI is InChI=1S/C19H11N3S/c1-2-9-15-13(7-1)16-18(21-11-22-19(16)23-15)14-8-3-5-12-6-4-10-20-17(12)14/h1-11H. The molecule has 5 aromatic rings. The van der Waals surface area contributed by atoms with Crippen molar-refractivity contribution in [2.45, 2.75) is 0 Å². The summed E-state index contributed by atoms with van der Waals surface area (Å²) in [6.07, 6.45) is 3.48. The van der Waals surface area contributed by atoms with Crippen molar-refractivity contribution in [1.29, 1.82) is 0 Å². The van der Waals surface area contributed by atoms with Crippen LogP contribution in [0.15, 0.2) is 67.1 Å². The molecular formula is C19H11N3S. The topological polar surface area (TPSA) is 38.7 Å². The van der Waals surface area contributed by atoms with Crippen LogP contribution in [-0.2, 0) is 0 Å². The lowest BCUT2D eigenvalue weighted by molar-refractivity contribution is 1.24. The maximum absolute atomic E-state index is 4.61. The van der Waals surface area contributed by atoms with Crippen LogP contribution in [0.25, 0.3) is 42.5 Å². The molecule has 2 aromatic carbocycles. The van der Waals surface area contributed by atoms with Crippen LogP contribution < -0.4 is 0 Å². The fourth-order valence-corrected chi connectivity index (χ4v) is 4.10. The third-order valence-corrected chi connectivity index (χ3v) is 5.14. The summed E-state index contributed by atoms with van der Waals surface area (Å²) in [4.78, 5) is 14.7. The van der Waals surface area contributed by atoms with Crippen molar-refractivity contribution >= 4 is 42.5 Å². The van der Waals surface area contributed by atoms with E-state index in [1.165, 1.54) is 10.1 Å². The Kier molecular flexibility index (Phi) is 2.66. The van der Waals surface area contributed by atoms with Crippen LogP contribution in [-0.4, -0.2) is 15.0 Å². The van der Waals surface area contributed by atoms with Crippen molar-refractivity contribution in [3.63, 3.8) is 0 Å². The van der Waals surface area contributed by atoms with Gasteiger partial charge in [0.05, 0.1) is 11.2 Å². The quantitative estimate of drug-likeness (QED) is 0.434. The van der Waals surface area contributed by atoms with Gasteiger partial charge in [-0.2, -0.15) is 0 Å². The maximum Gasteiger partial charge on any atom is 0.128 e. The number of thiophene rings is 1. The Bertz CT molecular complexity index is 1170. The first-order chi connectivity index (χ1) is 11.4. The molecular weight excluding hydrogens is 302 g/mol. The van der Waals surface area contributed by atoms with E-state index in [1.54, 1.807) is 17.7 Å². The van der Waals surface area contributed by atoms with Crippen LogP contribution in [0.1, 0.15) is 0 Å². The van der Waals surface area contributed by atoms with E-state index in [1.807, 2.05) is 12.3 Å². The number of benzene rings is 2. The summed E-state index contributed by atoms with van der Waals surface area (Å²) in [5.41, 5.74) is 2.99. The third-order valence-electron chi connectivity index (χ3n) is 4.06. The lowest BCUT2D eigenvalue weighted by Gasteiger charge is -2.06. The van der Waals surface area contributed by atoms with E-state index in [4.69, 9.17) is 0 Å². The van der Waals surface area contributed by atoms with Crippen molar-refractivity contribution in [2.24, 2.45) is 0 Å². The number of fused-ring (bicyclic) bond motifs is 4. The zero-order chi connectivity index (χ0) is 15.2. The minimum absolute atomic E-state index is 0.955. The van der Waals surface area contributed by atoms with Gasteiger partial charge in [-0.15, -0.1) is 11.3 Å². The maximum atomic E-state index is 4.61. The highest BCUT2D eigenvalue weighted by molar-refractivity contribution is 7.25. The first kappa shape index (κ1) is 12.7. The van der Waals surface area contributed by atoms with Gasteiger partial charge in [0, 0.05) is 32.6 Å². The summed E-state index contributed by atoms with van der Waals surface area (Å²) in [6, 6.07) is 18.7. The van der Waals surface area contributed by atoms with E-state index in [2.05, 4.69) is 63.5 Å². The van der Waals surface area contributed by atoms with Crippen LogP contribution in [0.3, 0.4) is 0 Å². The Morgan fingerprint density at radius 3 is 2.70 bits per heavy atom. The molecule has 0 N–H and O–H groups in total. The average Bonchev–Trinajstić information content (AvgIpc) is 3.00. The van der Waals surface area contributed by atoms with E-state index in [0.717, 1.165) is 32.4 Å². The summed E-state index contributed by atoms with van der Waals surface area (Å²) in [6.45, 7) is 0. The highest BCUT2D eigenvalue weighted by Crippen LogP contribution is 2.38. The Labute approximate surface area is 136 Å². The number of pyridine rings is 1. The van der Waals surface area contributed by atoms with Crippen molar-refractivity contribution in [2.75, 3.05) is 0 Å². The number of para-hydroxylation sites is 1. The second-order valence-corrected chi connectivity index (χ2v) is 6.41. The first-order valence-corrected chi connectivity index (χ1v) is 8.20. The highest BCUT2D eigenvalue weighted by Gasteiger charge is 2.15. The molecule has 0 saturated heterocycles. The van der Waals surface area contributed by atoms with Gasteiger partial charge in [0.1, 0.15) is 11.2 Å². The number of hydrogen-bond donors (Lipinski definition) is 0. The molecule has 3 aromatic heterocycles. The molecule has 0 aliphatic carbocycles. The third kappa shape index (κ3) is 1.85. The van der Waals surface area contributed by atoms with Crippen LogP contribution in [0, 0.1) is 0 Å². The molecule has 0 amide bonds. The van der Waals surface area contributed by atoms with Crippen LogP contribution >= 0.6 is 11.3 Å². The van der Waals surface area contributed by atoms with Crippen LogP contribution in [0.4, 0.5) is 0 Å². The Hall–Kier alpha value is -2.85. The molecule has 0 spiro atoms. The Morgan fingerprint density at radius 1 is 0.783 bits per heavy atom. The minimum Gasteiger partial charge on any atom is -0.256 e. The molecule has 0 bridgehead atoms. The van der Waals surface area contributed by atoms with Crippen molar-refractivity contribution < 1.29 is 0 Å². The smallest absolute Gasteiger partial charge is 0.128 e. The van der Waals surface area contributed by atoms with E-state index in [-0.39, 0.29) is 0 Å². The second kappa shape index (κ2) is 4.83. The zero-order valence-electron chi connectivity index (χ0n) is 12.1. The van der Waals surface area contributed by atoms with E-state index >= 15 is 0 Å². The number of nitrogens with zero attached hydrogens (tertiary/aromatic N) is 3. The average molecular weight is 313 g/mol. The molecule has 0 aliphatic rings. The van der Waals surface area contributed by atoms with Crippen molar-refractivity contribution in [3.05, 3.63) is 67.1 Å².